The summed E-state index contributed by atoms with van der Waals surface area (Å²) in [6.07, 6.45) is 9.11. The van der Waals surface area contributed by atoms with Crippen LogP contribution in [0.3, 0.4) is 0 Å². The number of rotatable bonds is 6. The minimum Gasteiger partial charge on any atom is -0.309 e. The van der Waals surface area contributed by atoms with Crippen molar-refractivity contribution in [1.82, 2.24) is 9.13 Å². The zero-order chi connectivity index (χ0) is 37.0. The van der Waals surface area contributed by atoms with E-state index in [2.05, 4.69) is 215 Å². The molecule has 0 fully saturated rings. The van der Waals surface area contributed by atoms with Crippen LogP contribution in [0.25, 0.3) is 93.9 Å². The first-order chi connectivity index (χ1) is 27.8. The van der Waals surface area contributed by atoms with Crippen molar-refractivity contribution in [1.29, 1.82) is 0 Å². The Balaban J connectivity index is 0.975. The Bertz CT molecular complexity index is 3150. The predicted octanol–water partition coefficient (Wildman–Crippen LogP) is 14.6. The summed E-state index contributed by atoms with van der Waals surface area (Å²) < 4.78 is 4.81. The highest BCUT2D eigenvalue weighted by molar-refractivity contribution is 6.12. The maximum atomic E-state index is 2.41. The van der Waals surface area contributed by atoms with Crippen LogP contribution in [0.5, 0.6) is 0 Å². The van der Waals surface area contributed by atoms with Crippen molar-refractivity contribution in [2.45, 2.75) is 12.8 Å². The largest absolute Gasteiger partial charge is 0.309 e. The molecule has 0 bridgehead atoms. The molecule has 0 aliphatic heterocycles. The molecule has 2 heterocycles. The van der Waals surface area contributed by atoms with Crippen LogP contribution in [0, 0.1) is 0 Å². The number of fused-ring (bicyclic) bond motifs is 6. The second-order valence-corrected chi connectivity index (χ2v) is 14.8. The van der Waals surface area contributed by atoms with Crippen LogP contribution in [0.1, 0.15) is 18.4 Å². The molecule has 0 saturated heterocycles. The van der Waals surface area contributed by atoms with Crippen LogP contribution in [0.2, 0.25) is 0 Å². The minimum absolute atomic E-state index is 1.11. The maximum absolute atomic E-state index is 2.41. The first-order valence-corrected chi connectivity index (χ1v) is 19.6. The molecule has 2 nitrogen and oxygen atoms in total. The maximum Gasteiger partial charge on any atom is 0.0541 e. The summed E-state index contributed by atoms with van der Waals surface area (Å²) in [5.41, 5.74) is 17.1. The van der Waals surface area contributed by atoms with E-state index in [-0.39, 0.29) is 0 Å². The van der Waals surface area contributed by atoms with Gasteiger partial charge in [-0.1, -0.05) is 140 Å². The number of aromatic nitrogens is 2. The lowest BCUT2D eigenvalue weighted by molar-refractivity contribution is 1.04. The van der Waals surface area contributed by atoms with E-state index in [0.717, 1.165) is 24.2 Å². The molecule has 0 N–H and O–H groups in total. The summed E-state index contributed by atoms with van der Waals surface area (Å²) in [5.74, 6) is 0. The highest BCUT2D eigenvalue weighted by Crippen LogP contribution is 2.39. The molecule has 0 atom stereocenters. The molecule has 2 heteroatoms. The van der Waals surface area contributed by atoms with Gasteiger partial charge in [0.15, 0.2) is 0 Å². The number of hydrogen-bond donors (Lipinski definition) is 0. The van der Waals surface area contributed by atoms with Crippen molar-refractivity contribution >= 4 is 49.2 Å². The van der Waals surface area contributed by atoms with Crippen LogP contribution in [0.4, 0.5) is 0 Å². The Hall–Kier alpha value is -7.16. The third-order valence-electron chi connectivity index (χ3n) is 11.6. The summed E-state index contributed by atoms with van der Waals surface area (Å²) in [6.45, 7) is 0. The molecule has 8 aromatic carbocycles. The lowest BCUT2D eigenvalue weighted by Gasteiger charge is -2.12. The van der Waals surface area contributed by atoms with Gasteiger partial charge in [-0.3, -0.25) is 0 Å². The van der Waals surface area contributed by atoms with E-state index >= 15 is 0 Å². The molecule has 0 amide bonds. The molecule has 2 aromatic heterocycles. The number of para-hydroxylation sites is 2. The van der Waals surface area contributed by atoms with Gasteiger partial charge in [-0.05, 0) is 124 Å². The molecule has 56 heavy (non-hydrogen) atoms. The lowest BCUT2D eigenvalue weighted by Crippen LogP contribution is -1.94. The molecule has 11 rings (SSSR count). The van der Waals surface area contributed by atoms with E-state index < -0.39 is 0 Å². The fourth-order valence-corrected chi connectivity index (χ4v) is 8.80. The monoisotopic (exact) mass is 714 g/mol. The average molecular weight is 715 g/mol. The van der Waals surface area contributed by atoms with E-state index in [0.29, 0.717) is 0 Å². The van der Waals surface area contributed by atoms with Gasteiger partial charge in [0.2, 0.25) is 0 Å². The zero-order valence-electron chi connectivity index (χ0n) is 30.9. The first kappa shape index (κ1) is 32.3. The van der Waals surface area contributed by atoms with Gasteiger partial charge in [-0.2, -0.15) is 0 Å². The molecule has 0 unspecified atom stereocenters. The number of nitrogens with zero attached hydrogens (tertiary/aromatic N) is 2. The second-order valence-electron chi connectivity index (χ2n) is 14.8. The quantitative estimate of drug-likeness (QED) is 0.162. The fraction of sp³-hybridized carbons (Fsp3) is 0.0370. The topological polar surface area (TPSA) is 9.86 Å². The van der Waals surface area contributed by atoms with E-state index in [1.54, 1.807) is 0 Å². The Morgan fingerprint density at radius 3 is 1.32 bits per heavy atom. The average Bonchev–Trinajstić information content (AvgIpc) is 3.79. The molecule has 264 valence electrons. The van der Waals surface area contributed by atoms with E-state index in [1.165, 1.54) is 88.1 Å². The summed E-state index contributed by atoms with van der Waals surface area (Å²) in [6, 6.07) is 69.0. The van der Waals surface area contributed by atoms with Crippen LogP contribution < -0.4 is 0 Å². The highest BCUT2D eigenvalue weighted by Gasteiger charge is 2.16. The van der Waals surface area contributed by atoms with Gasteiger partial charge in [0.1, 0.15) is 0 Å². The number of allylic oxidation sites excluding steroid dienone is 4. The zero-order valence-corrected chi connectivity index (χ0v) is 30.9. The van der Waals surface area contributed by atoms with Crippen LogP contribution in [0.15, 0.2) is 206 Å². The molecular weight excluding hydrogens is 677 g/mol. The van der Waals surface area contributed by atoms with Crippen LogP contribution in [-0.2, 0) is 0 Å². The Morgan fingerprint density at radius 2 is 0.750 bits per heavy atom. The van der Waals surface area contributed by atoms with E-state index in [1.807, 2.05) is 0 Å². The van der Waals surface area contributed by atoms with Crippen molar-refractivity contribution in [2.24, 2.45) is 0 Å². The number of benzene rings is 8. The fourth-order valence-electron chi connectivity index (χ4n) is 8.80. The van der Waals surface area contributed by atoms with E-state index in [4.69, 9.17) is 0 Å². The Labute approximate surface area is 326 Å². The highest BCUT2D eigenvalue weighted by atomic mass is 15.0. The molecule has 0 spiro atoms. The first-order valence-electron chi connectivity index (χ1n) is 19.6. The van der Waals surface area contributed by atoms with Gasteiger partial charge in [-0.15, -0.1) is 0 Å². The minimum atomic E-state index is 1.11. The standard InChI is InChI=1S/C54H38N2/c1-3-12-37(13-4-1)39-22-28-45(29-23-39)55-51-20-9-7-18-47(51)49-35-43(26-32-53(49)55)44-27-33-54-50(36-44)48-19-8-10-21-52(48)56(54)46-30-24-40(25-31-46)42-17-11-16-41(34-42)38-14-5-2-6-15-38/h1,3-5,7-36H,2,6H2. The lowest BCUT2D eigenvalue weighted by atomic mass is 9.96. The smallest absolute Gasteiger partial charge is 0.0541 e. The molecular formula is C54H38N2. The Morgan fingerprint density at radius 1 is 0.304 bits per heavy atom. The third-order valence-corrected chi connectivity index (χ3v) is 11.6. The molecule has 1 aliphatic rings. The van der Waals surface area contributed by atoms with Gasteiger partial charge in [0, 0.05) is 32.9 Å². The van der Waals surface area contributed by atoms with Gasteiger partial charge < -0.3 is 9.13 Å². The second kappa shape index (κ2) is 13.3. The van der Waals surface area contributed by atoms with Gasteiger partial charge >= 0.3 is 0 Å². The van der Waals surface area contributed by atoms with Crippen molar-refractivity contribution in [3.8, 4) is 44.8 Å². The molecule has 0 radical (unpaired) electrons. The third kappa shape index (κ3) is 5.41. The summed E-state index contributed by atoms with van der Waals surface area (Å²) >= 11 is 0. The van der Waals surface area contributed by atoms with E-state index in [9.17, 15) is 0 Å². The molecule has 10 aromatic rings. The predicted molar refractivity (Wildman–Crippen MR) is 238 cm³/mol. The summed E-state index contributed by atoms with van der Waals surface area (Å²) in [4.78, 5) is 0. The van der Waals surface area contributed by atoms with Gasteiger partial charge in [0.05, 0.1) is 22.1 Å². The van der Waals surface area contributed by atoms with Crippen LogP contribution >= 0.6 is 0 Å². The van der Waals surface area contributed by atoms with Gasteiger partial charge in [0.25, 0.3) is 0 Å². The Kier molecular flexibility index (Phi) is 7.67. The summed E-state index contributed by atoms with van der Waals surface area (Å²) in [5, 5.41) is 5.02. The molecule has 1 aliphatic carbocycles. The van der Waals surface area contributed by atoms with Crippen molar-refractivity contribution in [3.05, 3.63) is 212 Å². The molecule has 0 saturated carbocycles. The normalized spacial score (nSPS) is 12.9. The number of hydrogen-bond acceptors (Lipinski definition) is 0. The van der Waals surface area contributed by atoms with Crippen molar-refractivity contribution in [2.75, 3.05) is 0 Å². The van der Waals surface area contributed by atoms with Gasteiger partial charge in [-0.25, -0.2) is 0 Å². The summed E-state index contributed by atoms with van der Waals surface area (Å²) in [7, 11) is 0. The van der Waals surface area contributed by atoms with Crippen molar-refractivity contribution in [3.63, 3.8) is 0 Å². The van der Waals surface area contributed by atoms with Crippen LogP contribution in [-0.4, -0.2) is 9.13 Å². The van der Waals surface area contributed by atoms with Crippen molar-refractivity contribution < 1.29 is 0 Å². The SMILES string of the molecule is C1=CC(c2cccc(-c3ccc(-n4c5ccccc5c5cc(-c6ccc7c(c6)c6ccccc6n7-c6ccc(-c7ccccc7)cc6)ccc54)cc3)c2)=CCC1.